The predicted octanol–water partition coefficient (Wildman–Crippen LogP) is 1.21. The van der Waals surface area contributed by atoms with Gasteiger partial charge in [-0.25, -0.2) is 4.67 Å². The lowest BCUT2D eigenvalue weighted by Gasteiger charge is -2.25. The molecule has 0 bridgehead atoms. The molecular weight excluding hydrogens is 137 g/mol. The molecule has 0 aliphatic carbocycles. The zero-order valence-electron chi connectivity index (χ0n) is 5.83. The third-order valence-electron chi connectivity index (χ3n) is 1.02. The first-order valence-electron chi connectivity index (χ1n) is 3.04. The van der Waals surface area contributed by atoms with E-state index in [1.54, 1.807) is 0 Å². The molecule has 0 unspecified atom stereocenters. The Kier molecular flexibility index (Phi) is 2.86. The second-order valence-corrected chi connectivity index (χ2v) is 3.90. The molecule has 0 atom stereocenters. The number of nitrogens with zero attached hydrogens (tertiary/aromatic N) is 1. The third kappa shape index (κ3) is 2.18. The molecule has 1 rings (SSSR count). The Morgan fingerprint density at radius 1 is 1.22 bits per heavy atom. The summed E-state index contributed by atoms with van der Waals surface area (Å²) in [4.78, 5) is 0. The van der Waals surface area contributed by atoms with Crippen LogP contribution in [0, 0.1) is 0 Å². The molecule has 3 nitrogen and oxygen atoms in total. The average Bonchev–Trinajstić information content (AvgIpc) is 1.90. The van der Waals surface area contributed by atoms with Gasteiger partial charge in [-0.15, -0.1) is 0 Å². The van der Waals surface area contributed by atoms with E-state index in [9.17, 15) is 0 Å². The van der Waals surface area contributed by atoms with Crippen LogP contribution < -0.4 is 0 Å². The lowest BCUT2D eigenvalue weighted by Crippen LogP contribution is -2.14. The van der Waals surface area contributed by atoms with Crippen LogP contribution in [0.4, 0.5) is 0 Å². The van der Waals surface area contributed by atoms with Crippen molar-refractivity contribution in [3.8, 4) is 0 Å². The first kappa shape index (κ1) is 7.42. The van der Waals surface area contributed by atoms with Gasteiger partial charge in [-0.1, -0.05) is 0 Å². The van der Waals surface area contributed by atoms with Crippen LogP contribution in [0.1, 0.15) is 6.42 Å². The van der Waals surface area contributed by atoms with E-state index < -0.39 is 8.53 Å². The molecule has 1 saturated heterocycles. The van der Waals surface area contributed by atoms with Gasteiger partial charge in [-0.05, 0) is 20.5 Å². The average molecular weight is 149 g/mol. The summed E-state index contributed by atoms with van der Waals surface area (Å²) in [5.41, 5.74) is 0. The van der Waals surface area contributed by atoms with Crippen molar-refractivity contribution >= 4 is 8.53 Å². The highest BCUT2D eigenvalue weighted by Crippen LogP contribution is 2.42. The largest absolute Gasteiger partial charge is 0.322 e. The summed E-state index contributed by atoms with van der Waals surface area (Å²) in [6.45, 7) is 1.70. The van der Waals surface area contributed by atoms with Crippen LogP contribution in [-0.4, -0.2) is 32.0 Å². The fourth-order valence-electron chi connectivity index (χ4n) is 0.612. The van der Waals surface area contributed by atoms with Crippen LogP contribution in [0.5, 0.6) is 0 Å². The van der Waals surface area contributed by atoms with Crippen LogP contribution in [0.2, 0.25) is 0 Å². The molecule has 0 saturated carbocycles. The van der Waals surface area contributed by atoms with Gasteiger partial charge in [-0.3, -0.25) is 0 Å². The molecule has 0 N–H and O–H groups in total. The molecule has 1 aliphatic rings. The summed E-state index contributed by atoms with van der Waals surface area (Å²) in [5.74, 6) is 0. The van der Waals surface area contributed by atoms with E-state index in [4.69, 9.17) is 9.05 Å². The summed E-state index contributed by atoms with van der Waals surface area (Å²) < 4.78 is 12.6. The van der Waals surface area contributed by atoms with Crippen molar-refractivity contribution in [3.63, 3.8) is 0 Å². The van der Waals surface area contributed by atoms with E-state index in [0.717, 1.165) is 19.6 Å². The van der Waals surface area contributed by atoms with Crippen molar-refractivity contribution < 1.29 is 9.05 Å². The van der Waals surface area contributed by atoms with Crippen molar-refractivity contribution in [3.05, 3.63) is 0 Å². The standard InChI is InChI=1S/C5H12NO2P/c1-6(2)9-7-4-3-5-8-9/h3-5H2,1-2H3. The molecule has 0 radical (unpaired) electrons. The van der Waals surface area contributed by atoms with Gasteiger partial charge >= 0.3 is 0 Å². The minimum atomic E-state index is -0.697. The summed E-state index contributed by atoms with van der Waals surface area (Å²) in [6, 6.07) is 0. The van der Waals surface area contributed by atoms with Gasteiger partial charge in [0.15, 0.2) is 0 Å². The summed E-state index contributed by atoms with van der Waals surface area (Å²) >= 11 is 0. The van der Waals surface area contributed by atoms with Crippen LogP contribution in [-0.2, 0) is 9.05 Å². The maximum Gasteiger partial charge on any atom is 0.258 e. The Morgan fingerprint density at radius 2 is 1.78 bits per heavy atom. The normalized spacial score (nSPS) is 23.0. The van der Waals surface area contributed by atoms with Gasteiger partial charge in [0, 0.05) is 0 Å². The molecule has 0 amide bonds. The second-order valence-electron chi connectivity index (χ2n) is 2.11. The monoisotopic (exact) mass is 149 g/mol. The second kappa shape index (κ2) is 3.47. The van der Waals surface area contributed by atoms with E-state index >= 15 is 0 Å². The molecule has 54 valence electrons. The van der Waals surface area contributed by atoms with Gasteiger partial charge in [-0.2, -0.15) is 0 Å². The summed E-state index contributed by atoms with van der Waals surface area (Å²) in [6.07, 6.45) is 1.03. The first-order chi connectivity index (χ1) is 4.30. The van der Waals surface area contributed by atoms with Crippen molar-refractivity contribution in [2.45, 2.75) is 6.42 Å². The van der Waals surface area contributed by atoms with E-state index in [2.05, 4.69) is 0 Å². The first-order valence-corrected chi connectivity index (χ1v) is 4.17. The van der Waals surface area contributed by atoms with Gasteiger partial charge in [0.25, 0.3) is 8.53 Å². The lowest BCUT2D eigenvalue weighted by atomic mass is 10.5. The highest BCUT2D eigenvalue weighted by molar-refractivity contribution is 7.44. The molecule has 4 heteroatoms. The Morgan fingerprint density at radius 3 is 2.11 bits per heavy atom. The Balaban J connectivity index is 2.23. The molecule has 0 aromatic rings. The molecule has 1 heterocycles. The predicted molar refractivity (Wildman–Crippen MR) is 37.1 cm³/mol. The maximum atomic E-state index is 5.31. The van der Waals surface area contributed by atoms with Crippen LogP contribution >= 0.6 is 8.53 Å². The zero-order valence-corrected chi connectivity index (χ0v) is 6.73. The quantitative estimate of drug-likeness (QED) is 0.523. The SMILES string of the molecule is CN(C)P1OCCCO1. The van der Waals surface area contributed by atoms with E-state index in [-0.39, 0.29) is 0 Å². The van der Waals surface area contributed by atoms with E-state index in [1.165, 1.54) is 0 Å². The van der Waals surface area contributed by atoms with Crippen LogP contribution in [0.15, 0.2) is 0 Å². The van der Waals surface area contributed by atoms with E-state index in [0.29, 0.717) is 0 Å². The smallest absolute Gasteiger partial charge is 0.258 e. The molecule has 1 fully saturated rings. The molecule has 9 heavy (non-hydrogen) atoms. The highest BCUT2D eigenvalue weighted by Gasteiger charge is 2.16. The Hall–Kier alpha value is 0.310. The summed E-state index contributed by atoms with van der Waals surface area (Å²) in [7, 11) is 3.24. The molecule has 0 spiro atoms. The van der Waals surface area contributed by atoms with Gasteiger partial charge in [0.05, 0.1) is 13.2 Å². The fourth-order valence-corrected chi connectivity index (χ4v) is 1.72. The van der Waals surface area contributed by atoms with Crippen molar-refractivity contribution in [1.82, 2.24) is 4.67 Å². The van der Waals surface area contributed by atoms with Crippen LogP contribution in [0.25, 0.3) is 0 Å². The van der Waals surface area contributed by atoms with Crippen molar-refractivity contribution in [2.24, 2.45) is 0 Å². The molecular formula is C5H12NO2P. The van der Waals surface area contributed by atoms with Crippen molar-refractivity contribution in [1.29, 1.82) is 0 Å². The summed E-state index contributed by atoms with van der Waals surface area (Å²) in [5, 5.41) is 0. The van der Waals surface area contributed by atoms with E-state index in [1.807, 2.05) is 18.8 Å². The Bertz CT molecular complexity index is 83.0. The minimum Gasteiger partial charge on any atom is -0.322 e. The minimum absolute atomic E-state index is 0.697. The third-order valence-corrected chi connectivity index (χ3v) is 2.48. The fraction of sp³-hybridized carbons (Fsp3) is 1.00. The molecule has 0 aromatic carbocycles. The Labute approximate surface area is 56.9 Å². The topological polar surface area (TPSA) is 21.7 Å². The number of hydrogen-bond acceptors (Lipinski definition) is 3. The highest BCUT2D eigenvalue weighted by atomic mass is 31.2. The van der Waals surface area contributed by atoms with Gasteiger partial charge in [0.2, 0.25) is 0 Å². The molecule has 1 aliphatic heterocycles. The van der Waals surface area contributed by atoms with Crippen LogP contribution in [0.3, 0.4) is 0 Å². The van der Waals surface area contributed by atoms with Crippen molar-refractivity contribution in [2.75, 3.05) is 27.3 Å². The maximum absolute atomic E-state index is 5.31. The number of rotatable bonds is 1. The molecule has 0 aromatic heterocycles. The number of hydrogen-bond donors (Lipinski definition) is 0. The van der Waals surface area contributed by atoms with Gasteiger partial charge in [0.1, 0.15) is 0 Å². The lowest BCUT2D eigenvalue weighted by molar-refractivity contribution is 0.159. The van der Waals surface area contributed by atoms with Gasteiger partial charge < -0.3 is 9.05 Å². The zero-order chi connectivity index (χ0) is 6.69.